The summed E-state index contributed by atoms with van der Waals surface area (Å²) >= 11 is 3.48. The number of amides is 1. The standard InChI is InChI=1S/C22H25BrN2O3S/c1-2-29(27,28)17-8-5-16(6-9-17)7-12-20(26)25-15-22(13-3-4-14-22)21-18(25)10-11-19(23)24-21/h5-6,8-11H,2-4,7,12-15H2,1H3. The van der Waals surface area contributed by atoms with E-state index in [1.807, 2.05) is 29.2 Å². The number of hydrogen-bond acceptors (Lipinski definition) is 4. The van der Waals surface area contributed by atoms with Crippen molar-refractivity contribution < 1.29 is 13.2 Å². The second kappa shape index (κ2) is 7.84. The van der Waals surface area contributed by atoms with E-state index in [0.29, 0.717) is 17.7 Å². The molecular formula is C22H25BrN2O3S. The Bertz CT molecular complexity index is 1030. The average Bonchev–Trinajstić information content (AvgIpc) is 3.32. The number of pyridine rings is 1. The van der Waals surface area contributed by atoms with Gasteiger partial charge in [-0.15, -0.1) is 0 Å². The molecule has 1 saturated carbocycles. The third-order valence-electron chi connectivity index (χ3n) is 6.25. The number of halogens is 1. The van der Waals surface area contributed by atoms with Crippen LogP contribution in [0.2, 0.25) is 0 Å². The Morgan fingerprint density at radius 2 is 1.83 bits per heavy atom. The maximum absolute atomic E-state index is 13.1. The van der Waals surface area contributed by atoms with Crippen molar-refractivity contribution >= 4 is 37.4 Å². The van der Waals surface area contributed by atoms with Crippen LogP contribution in [0.1, 0.15) is 50.3 Å². The molecule has 1 aliphatic heterocycles. The number of carbonyl (C=O) groups is 1. The summed E-state index contributed by atoms with van der Waals surface area (Å²) in [5.74, 6) is 0.190. The van der Waals surface area contributed by atoms with E-state index in [-0.39, 0.29) is 17.1 Å². The Morgan fingerprint density at radius 1 is 1.14 bits per heavy atom. The first-order valence-electron chi connectivity index (χ1n) is 10.1. The predicted octanol–water partition coefficient (Wildman–Crippen LogP) is 4.43. The molecule has 2 aliphatic rings. The Hall–Kier alpha value is -1.73. The van der Waals surface area contributed by atoms with E-state index in [0.717, 1.165) is 40.9 Å². The van der Waals surface area contributed by atoms with Crippen molar-refractivity contribution in [2.45, 2.75) is 55.8 Å². The van der Waals surface area contributed by atoms with Crippen LogP contribution >= 0.6 is 15.9 Å². The zero-order valence-corrected chi connectivity index (χ0v) is 18.9. The van der Waals surface area contributed by atoms with Crippen LogP contribution in [0.3, 0.4) is 0 Å². The molecule has 0 bridgehead atoms. The second-order valence-electron chi connectivity index (χ2n) is 8.02. The number of benzene rings is 1. The summed E-state index contributed by atoms with van der Waals surface area (Å²) in [5, 5.41) is 0. The molecule has 1 aromatic heterocycles. The summed E-state index contributed by atoms with van der Waals surface area (Å²) in [6.07, 6.45) is 5.52. The number of aromatic nitrogens is 1. The van der Waals surface area contributed by atoms with Gasteiger partial charge in [0.15, 0.2) is 9.84 Å². The summed E-state index contributed by atoms with van der Waals surface area (Å²) in [6, 6.07) is 10.8. The molecule has 2 heterocycles. The Labute approximate surface area is 180 Å². The van der Waals surface area contributed by atoms with Gasteiger partial charge >= 0.3 is 0 Å². The van der Waals surface area contributed by atoms with Gasteiger partial charge in [-0.3, -0.25) is 4.79 Å². The van der Waals surface area contributed by atoms with Crippen LogP contribution < -0.4 is 4.90 Å². The molecule has 5 nitrogen and oxygen atoms in total. The molecule has 7 heteroatoms. The van der Waals surface area contributed by atoms with Crippen molar-refractivity contribution in [2.24, 2.45) is 0 Å². The van der Waals surface area contributed by atoms with Gasteiger partial charge in [-0.2, -0.15) is 0 Å². The smallest absolute Gasteiger partial charge is 0.227 e. The molecule has 154 valence electrons. The van der Waals surface area contributed by atoms with Crippen molar-refractivity contribution in [3.8, 4) is 0 Å². The highest BCUT2D eigenvalue weighted by Crippen LogP contribution is 2.50. The number of aryl methyl sites for hydroxylation is 1. The van der Waals surface area contributed by atoms with Crippen molar-refractivity contribution in [1.29, 1.82) is 0 Å². The first-order chi connectivity index (χ1) is 13.8. The van der Waals surface area contributed by atoms with Crippen molar-refractivity contribution in [3.05, 3.63) is 52.3 Å². The summed E-state index contributed by atoms with van der Waals surface area (Å²) in [4.78, 5) is 20.1. The van der Waals surface area contributed by atoms with Crippen molar-refractivity contribution in [3.63, 3.8) is 0 Å². The summed E-state index contributed by atoms with van der Waals surface area (Å²) in [7, 11) is -3.20. The minimum atomic E-state index is -3.20. The normalized spacial score (nSPS) is 17.7. The topological polar surface area (TPSA) is 67.3 Å². The highest BCUT2D eigenvalue weighted by Gasteiger charge is 2.47. The van der Waals surface area contributed by atoms with Crippen LogP contribution in [0.5, 0.6) is 0 Å². The number of rotatable bonds is 5. The fraction of sp³-hybridized carbons (Fsp3) is 0.455. The summed E-state index contributed by atoms with van der Waals surface area (Å²) in [6.45, 7) is 2.36. The quantitative estimate of drug-likeness (QED) is 0.598. The third-order valence-corrected chi connectivity index (χ3v) is 8.44. The van der Waals surface area contributed by atoms with Gasteiger partial charge in [-0.1, -0.05) is 31.9 Å². The van der Waals surface area contributed by atoms with Crippen LogP contribution in [0.15, 0.2) is 45.9 Å². The molecule has 0 N–H and O–H groups in total. The lowest BCUT2D eigenvalue weighted by molar-refractivity contribution is -0.118. The summed E-state index contributed by atoms with van der Waals surface area (Å²) < 4.78 is 24.7. The number of nitrogens with zero attached hydrogens (tertiary/aromatic N) is 2. The lowest BCUT2D eigenvalue weighted by Crippen LogP contribution is -2.35. The molecule has 2 aromatic rings. The zero-order chi connectivity index (χ0) is 20.6. The van der Waals surface area contributed by atoms with Crippen molar-refractivity contribution in [2.75, 3.05) is 17.2 Å². The molecule has 1 aliphatic carbocycles. The molecule has 0 unspecified atom stereocenters. The van der Waals surface area contributed by atoms with Crippen LogP contribution in [0, 0.1) is 0 Å². The second-order valence-corrected chi connectivity index (χ2v) is 11.1. The van der Waals surface area contributed by atoms with Gasteiger partial charge in [0, 0.05) is 18.4 Å². The molecule has 0 atom stereocenters. The van der Waals surface area contributed by atoms with E-state index >= 15 is 0 Å². The molecule has 1 aromatic carbocycles. The average molecular weight is 477 g/mol. The fourth-order valence-corrected chi connectivity index (χ4v) is 5.78. The van der Waals surface area contributed by atoms with E-state index < -0.39 is 9.84 Å². The summed E-state index contributed by atoms with van der Waals surface area (Å²) in [5.41, 5.74) is 2.99. The van der Waals surface area contributed by atoms with Crippen LogP contribution in [0.4, 0.5) is 5.69 Å². The van der Waals surface area contributed by atoms with Gasteiger partial charge in [0.2, 0.25) is 5.91 Å². The largest absolute Gasteiger partial charge is 0.310 e. The fourth-order valence-electron chi connectivity index (χ4n) is 4.58. The van der Waals surface area contributed by atoms with Gasteiger partial charge in [0.1, 0.15) is 4.60 Å². The Morgan fingerprint density at radius 3 is 2.48 bits per heavy atom. The third kappa shape index (κ3) is 3.87. The molecule has 4 rings (SSSR count). The van der Waals surface area contributed by atoms with Gasteiger partial charge in [0.25, 0.3) is 0 Å². The van der Waals surface area contributed by atoms with E-state index in [1.165, 1.54) is 12.8 Å². The highest BCUT2D eigenvalue weighted by atomic mass is 79.9. The first-order valence-corrected chi connectivity index (χ1v) is 12.6. The van der Waals surface area contributed by atoms with E-state index in [4.69, 9.17) is 4.98 Å². The van der Waals surface area contributed by atoms with E-state index in [1.54, 1.807) is 19.1 Å². The predicted molar refractivity (Wildman–Crippen MR) is 117 cm³/mol. The number of anilines is 1. The number of carbonyl (C=O) groups excluding carboxylic acids is 1. The minimum Gasteiger partial charge on any atom is -0.310 e. The van der Waals surface area contributed by atoms with Gasteiger partial charge in [-0.25, -0.2) is 13.4 Å². The van der Waals surface area contributed by atoms with E-state index in [2.05, 4.69) is 15.9 Å². The van der Waals surface area contributed by atoms with Crippen LogP contribution in [0.25, 0.3) is 0 Å². The van der Waals surface area contributed by atoms with E-state index in [9.17, 15) is 13.2 Å². The number of hydrogen-bond donors (Lipinski definition) is 0. The minimum absolute atomic E-state index is 0.00489. The molecule has 29 heavy (non-hydrogen) atoms. The van der Waals surface area contributed by atoms with Crippen molar-refractivity contribution in [1.82, 2.24) is 4.98 Å². The highest BCUT2D eigenvalue weighted by molar-refractivity contribution is 9.10. The Kier molecular flexibility index (Phi) is 5.55. The van der Waals surface area contributed by atoms with Gasteiger partial charge in [0.05, 0.1) is 22.0 Å². The molecule has 1 spiro atoms. The molecule has 1 fully saturated rings. The van der Waals surface area contributed by atoms with Gasteiger partial charge < -0.3 is 4.90 Å². The lowest BCUT2D eigenvalue weighted by Gasteiger charge is -2.24. The van der Waals surface area contributed by atoms with Crippen LogP contribution in [-0.4, -0.2) is 31.6 Å². The maximum Gasteiger partial charge on any atom is 0.227 e. The molecular weight excluding hydrogens is 452 g/mol. The monoisotopic (exact) mass is 476 g/mol. The maximum atomic E-state index is 13.1. The molecule has 0 radical (unpaired) electrons. The first kappa shape index (κ1) is 20.5. The molecule has 0 saturated heterocycles. The SMILES string of the molecule is CCS(=O)(=O)c1ccc(CCC(=O)N2CC3(CCCC3)c3nc(Br)ccc32)cc1. The van der Waals surface area contributed by atoms with Gasteiger partial charge in [-0.05, 0) is 65.0 Å². The van der Waals surface area contributed by atoms with Crippen LogP contribution in [-0.2, 0) is 26.5 Å². The Balaban J connectivity index is 1.48. The lowest BCUT2D eigenvalue weighted by atomic mass is 9.84. The number of fused-ring (bicyclic) bond motifs is 2. The zero-order valence-electron chi connectivity index (χ0n) is 16.5. The number of sulfone groups is 1. The molecule has 1 amide bonds.